The number of Topliss-reactive ketones (excluding diaryl/α,β-unsaturated/α-hetero) is 1. The zero-order valence-corrected chi connectivity index (χ0v) is 29.2. The molecule has 244 valence electrons. The molecule has 0 amide bonds. The number of rotatable bonds is 8. The molecule has 0 heterocycles. The lowest BCUT2D eigenvalue weighted by Gasteiger charge is -2.73. The van der Waals surface area contributed by atoms with Gasteiger partial charge in [0.05, 0.1) is 18.6 Å². The third-order valence-electron chi connectivity index (χ3n) is 15.9. The van der Waals surface area contributed by atoms with E-state index in [1.807, 2.05) is 0 Å². The monoisotopic (exact) mass is 596 g/mol. The Hall–Kier alpha value is -1.16. The second kappa shape index (κ2) is 11.3. The minimum atomic E-state index is -0.340. The van der Waals surface area contributed by atoms with E-state index in [9.17, 15) is 14.7 Å². The average molecular weight is 597 g/mol. The molecule has 3 unspecified atom stereocenters. The number of ether oxygens (including phenoxy) is 1. The Labute approximate surface area is 263 Å². The van der Waals surface area contributed by atoms with Crippen LogP contribution in [0.15, 0.2) is 12.2 Å². The second-order valence-electron chi connectivity index (χ2n) is 17.9. The van der Waals surface area contributed by atoms with Crippen LogP contribution >= 0.6 is 0 Å². The molecule has 0 radical (unpaired) electrons. The van der Waals surface area contributed by atoms with Gasteiger partial charge in [-0.2, -0.15) is 0 Å². The lowest BCUT2D eigenvalue weighted by Crippen LogP contribution is -2.66. The van der Waals surface area contributed by atoms with Crippen molar-refractivity contribution in [1.82, 2.24) is 0 Å². The number of fused-ring (bicyclic) bond motifs is 7. The fourth-order valence-corrected chi connectivity index (χ4v) is 13.0. The van der Waals surface area contributed by atoms with Crippen LogP contribution in [0.4, 0.5) is 0 Å². The molecule has 0 saturated heterocycles. The van der Waals surface area contributed by atoms with Crippen LogP contribution < -0.4 is 0 Å². The molecule has 0 aromatic carbocycles. The van der Waals surface area contributed by atoms with Gasteiger partial charge in [-0.15, -0.1) is 0 Å². The van der Waals surface area contributed by atoms with Crippen molar-refractivity contribution in [3.8, 4) is 0 Å². The van der Waals surface area contributed by atoms with Crippen LogP contribution in [0.2, 0.25) is 0 Å². The van der Waals surface area contributed by atoms with E-state index in [0.717, 1.165) is 38.5 Å². The van der Waals surface area contributed by atoms with Gasteiger partial charge in [-0.3, -0.25) is 4.79 Å². The third kappa shape index (κ3) is 4.93. The van der Waals surface area contributed by atoms with Gasteiger partial charge in [-0.25, -0.2) is 0 Å². The number of carbonyl (C=O) groups is 2. The van der Waals surface area contributed by atoms with E-state index in [0.29, 0.717) is 36.2 Å². The lowest BCUT2D eigenvalue weighted by atomic mass is 9.32. The number of allylic oxidation sites excluding steroid dienone is 1. The number of aliphatic hydroxyl groups is 1. The van der Waals surface area contributed by atoms with Crippen LogP contribution in [0.5, 0.6) is 0 Å². The number of hydrogen-bond acceptors (Lipinski definition) is 4. The Balaban J connectivity index is 1.44. The first-order valence-corrected chi connectivity index (χ1v) is 18.0. The van der Waals surface area contributed by atoms with Crippen molar-refractivity contribution in [2.24, 2.45) is 68.5 Å². The molecule has 0 aromatic heterocycles. The van der Waals surface area contributed by atoms with Crippen molar-refractivity contribution in [2.75, 3.05) is 6.61 Å². The standard InChI is InChI=1S/C39H64O4/c1-11-25(4)28(22-26(5)40)34(42)43-23-39-19-14-27(24(2)3)33(39)29-12-13-31-36(8)17-16-32(41)35(6,7)30(36)15-18-38(31,10)37(29,9)20-21-39/h25,27-33,41H,2,11-23H2,1,3-10H3/t25?,27-,28?,29?,30-,31+,32-,33+,36-,37+,38+,39+/m0/s1. The van der Waals surface area contributed by atoms with Gasteiger partial charge in [0.25, 0.3) is 0 Å². The molecule has 5 aliphatic carbocycles. The lowest BCUT2D eigenvalue weighted by molar-refractivity contribution is -0.250. The van der Waals surface area contributed by atoms with Crippen LogP contribution in [0.1, 0.15) is 139 Å². The Morgan fingerprint density at radius 3 is 2.21 bits per heavy atom. The highest BCUT2D eigenvalue weighted by molar-refractivity contribution is 5.83. The smallest absolute Gasteiger partial charge is 0.309 e. The number of ketones is 1. The Kier molecular flexibility index (Phi) is 8.70. The zero-order valence-electron chi connectivity index (χ0n) is 29.2. The van der Waals surface area contributed by atoms with E-state index in [1.165, 1.54) is 37.7 Å². The summed E-state index contributed by atoms with van der Waals surface area (Å²) in [6.07, 6.45) is 12.7. The van der Waals surface area contributed by atoms with Gasteiger partial charge >= 0.3 is 5.97 Å². The summed E-state index contributed by atoms with van der Waals surface area (Å²) in [6.45, 7) is 25.6. The fourth-order valence-electron chi connectivity index (χ4n) is 13.0. The molecule has 12 atom stereocenters. The normalized spacial score (nSPS) is 46.4. The summed E-state index contributed by atoms with van der Waals surface area (Å²) in [5.41, 5.74) is 2.09. The number of aliphatic hydroxyl groups excluding tert-OH is 1. The van der Waals surface area contributed by atoms with Crippen molar-refractivity contribution in [2.45, 2.75) is 145 Å². The van der Waals surface area contributed by atoms with Crippen LogP contribution in [0.3, 0.4) is 0 Å². The Bertz CT molecular complexity index is 1110. The van der Waals surface area contributed by atoms with Gasteiger partial charge in [0.2, 0.25) is 0 Å². The van der Waals surface area contributed by atoms with Crippen molar-refractivity contribution >= 4 is 11.8 Å². The van der Waals surface area contributed by atoms with E-state index in [2.05, 4.69) is 62.0 Å². The molecule has 5 rings (SSSR count). The van der Waals surface area contributed by atoms with E-state index in [4.69, 9.17) is 4.74 Å². The van der Waals surface area contributed by atoms with E-state index < -0.39 is 0 Å². The maximum absolute atomic E-state index is 13.5. The summed E-state index contributed by atoms with van der Waals surface area (Å²) in [6, 6.07) is 0. The van der Waals surface area contributed by atoms with Crippen LogP contribution in [-0.2, 0) is 14.3 Å². The molecule has 4 heteroatoms. The number of esters is 1. The molecule has 5 fully saturated rings. The fraction of sp³-hybridized carbons (Fsp3) is 0.897. The third-order valence-corrected chi connectivity index (χ3v) is 15.9. The summed E-state index contributed by atoms with van der Waals surface area (Å²) < 4.78 is 6.32. The largest absolute Gasteiger partial charge is 0.465 e. The molecule has 43 heavy (non-hydrogen) atoms. The zero-order chi connectivity index (χ0) is 31.8. The molecule has 4 nitrogen and oxygen atoms in total. The van der Waals surface area contributed by atoms with Crippen molar-refractivity contribution in [3.63, 3.8) is 0 Å². The maximum atomic E-state index is 13.5. The Morgan fingerprint density at radius 2 is 1.58 bits per heavy atom. The van der Waals surface area contributed by atoms with Crippen molar-refractivity contribution in [1.29, 1.82) is 0 Å². The maximum Gasteiger partial charge on any atom is 0.309 e. The summed E-state index contributed by atoms with van der Waals surface area (Å²) in [5, 5.41) is 11.1. The van der Waals surface area contributed by atoms with Gasteiger partial charge in [-0.1, -0.05) is 67.0 Å². The van der Waals surface area contributed by atoms with Gasteiger partial charge < -0.3 is 14.6 Å². The molecule has 0 aromatic rings. The molecule has 0 aliphatic heterocycles. The highest BCUT2D eigenvalue weighted by atomic mass is 16.5. The topological polar surface area (TPSA) is 63.6 Å². The molecular formula is C39H64O4. The molecule has 0 spiro atoms. The van der Waals surface area contributed by atoms with Crippen LogP contribution in [0, 0.1) is 68.5 Å². The number of carbonyl (C=O) groups excluding carboxylic acids is 2. The summed E-state index contributed by atoms with van der Waals surface area (Å²) in [4.78, 5) is 25.6. The first-order chi connectivity index (χ1) is 20.0. The highest BCUT2D eigenvalue weighted by Gasteiger charge is 2.71. The quantitative estimate of drug-likeness (QED) is 0.224. The summed E-state index contributed by atoms with van der Waals surface area (Å²) in [5.74, 6) is 2.57. The molecule has 1 N–H and O–H groups in total. The van der Waals surface area contributed by atoms with E-state index in [1.54, 1.807) is 6.92 Å². The van der Waals surface area contributed by atoms with Gasteiger partial charge in [-0.05, 0) is 135 Å². The Morgan fingerprint density at radius 1 is 0.884 bits per heavy atom. The van der Waals surface area contributed by atoms with Crippen molar-refractivity contribution < 1.29 is 19.4 Å². The van der Waals surface area contributed by atoms with Gasteiger partial charge in [0, 0.05) is 11.8 Å². The van der Waals surface area contributed by atoms with Gasteiger partial charge in [0.1, 0.15) is 5.78 Å². The van der Waals surface area contributed by atoms with Crippen LogP contribution in [-0.4, -0.2) is 29.6 Å². The average Bonchev–Trinajstić information content (AvgIpc) is 3.33. The minimum absolute atomic E-state index is 0.0148. The number of hydrogen-bond donors (Lipinski definition) is 1. The molecule has 5 aliphatic rings. The molecular weight excluding hydrogens is 532 g/mol. The second-order valence-corrected chi connectivity index (χ2v) is 17.9. The summed E-state index contributed by atoms with van der Waals surface area (Å²) >= 11 is 0. The van der Waals surface area contributed by atoms with Gasteiger partial charge in [0.15, 0.2) is 0 Å². The predicted octanol–water partition coefficient (Wildman–Crippen LogP) is 9.19. The first kappa shape index (κ1) is 33.2. The molecule has 0 bridgehead atoms. The minimum Gasteiger partial charge on any atom is -0.465 e. The van der Waals surface area contributed by atoms with E-state index in [-0.39, 0.29) is 63.2 Å². The SMILES string of the molecule is C=C(C)[C@@H]1CC[C@]2(COC(=O)C(CC(C)=O)C(C)CC)CC[C@]3(C)C(CC[C@@H]4[C@@]5(C)CC[C@H](O)C(C)(C)[C@@H]5CC[C@]43C)[C@@H]12. The molecule has 5 saturated carbocycles. The van der Waals surface area contributed by atoms with Crippen molar-refractivity contribution in [3.05, 3.63) is 12.2 Å². The van der Waals surface area contributed by atoms with Crippen LogP contribution in [0.25, 0.3) is 0 Å². The predicted molar refractivity (Wildman–Crippen MR) is 174 cm³/mol. The highest BCUT2D eigenvalue weighted by Crippen LogP contribution is 2.77. The first-order valence-electron chi connectivity index (χ1n) is 18.0. The summed E-state index contributed by atoms with van der Waals surface area (Å²) in [7, 11) is 0. The van der Waals surface area contributed by atoms with E-state index >= 15 is 0 Å².